The Morgan fingerprint density at radius 1 is 1.15 bits per heavy atom. The van der Waals surface area contributed by atoms with Gasteiger partial charge in [-0.25, -0.2) is 18.2 Å². The third-order valence-corrected chi connectivity index (χ3v) is 3.53. The molecule has 0 aliphatic carbocycles. The number of imidazole rings is 1. The van der Waals surface area contributed by atoms with E-state index in [0.29, 0.717) is 5.69 Å². The highest BCUT2D eigenvalue weighted by molar-refractivity contribution is 6.03. The van der Waals surface area contributed by atoms with Gasteiger partial charge in [-0.2, -0.15) is 0 Å². The quantitative estimate of drug-likeness (QED) is 0.684. The van der Waals surface area contributed by atoms with Crippen molar-refractivity contribution in [1.82, 2.24) is 14.5 Å². The monoisotopic (exact) mass is 362 g/mol. The molecule has 0 saturated heterocycles. The van der Waals surface area contributed by atoms with E-state index in [0.717, 1.165) is 12.1 Å². The van der Waals surface area contributed by atoms with Gasteiger partial charge < -0.3 is 15.0 Å². The first kappa shape index (κ1) is 17.6. The van der Waals surface area contributed by atoms with E-state index >= 15 is 0 Å². The number of carbonyl (C=O) groups excluding carboxylic acids is 1. The molecular weight excluding hydrogens is 349 g/mol. The fourth-order valence-corrected chi connectivity index (χ4v) is 2.26. The van der Waals surface area contributed by atoms with Crippen LogP contribution < -0.4 is 5.32 Å². The van der Waals surface area contributed by atoms with Gasteiger partial charge in [0.1, 0.15) is 0 Å². The van der Waals surface area contributed by atoms with Gasteiger partial charge in [0.05, 0.1) is 24.2 Å². The predicted octanol–water partition coefficient (Wildman–Crippen LogP) is 2.49. The Kier molecular flexibility index (Phi) is 4.99. The minimum absolute atomic E-state index is 0.0454. The molecule has 2 aromatic heterocycles. The van der Waals surface area contributed by atoms with Crippen LogP contribution in [-0.4, -0.2) is 25.5 Å². The summed E-state index contributed by atoms with van der Waals surface area (Å²) >= 11 is 0. The molecule has 0 aliphatic rings. The summed E-state index contributed by atoms with van der Waals surface area (Å²) < 4.78 is 40.9. The number of anilines is 1. The van der Waals surface area contributed by atoms with Crippen LogP contribution in [0.15, 0.2) is 43.0 Å². The summed E-state index contributed by atoms with van der Waals surface area (Å²) in [5.74, 6) is -4.29. The minimum atomic E-state index is -1.52. The van der Waals surface area contributed by atoms with Crippen molar-refractivity contribution in [2.45, 2.75) is 13.2 Å². The van der Waals surface area contributed by atoms with Crippen molar-refractivity contribution in [2.75, 3.05) is 5.32 Å². The number of aromatic nitrogens is 3. The first-order chi connectivity index (χ1) is 12.5. The average Bonchev–Trinajstić information content (AvgIpc) is 3.06. The highest BCUT2D eigenvalue weighted by Crippen LogP contribution is 2.15. The van der Waals surface area contributed by atoms with E-state index in [1.165, 1.54) is 35.4 Å². The molecule has 2 heterocycles. The number of hydrogen-bond acceptors (Lipinski definition) is 4. The van der Waals surface area contributed by atoms with Gasteiger partial charge in [-0.3, -0.25) is 9.78 Å². The minimum Gasteiger partial charge on any atom is -0.390 e. The van der Waals surface area contributed by atoms with Crippen molar-refractivity contribution in [2.24, 2.45) is 0 Å². The van der Waals surface area contributed by atoms with E-state index < -0.39 is 23.4 Å². The molecule has 0 bridgehead atoms. The fourth-order valence-electron chi connectivity index (χ4n) is 2.26. The maximum Gasteiger partial charge on any atom is 0.258 e. The number of hydrogen-bond donors (Lipinski definition) is 2. The molecule has 0 aliphatic heterocycles. The topological polar surface area (TPSA) is 80.0 Å². The molecule has 0 radical (unpaired) electrons. The molecule has 1 aromatic carbocycles. The zero-order valence-electron chi connectivity index (χ0n) is 13.3. The average molecular weight is 362 g/mol. The molecule has 0 saturated carbocycles. The molecule has 9 heteroatoms. The van der Waals surface area contributed by atoms with Crippen LogP contribution in [0.4, 0.5) is 19.0 Å². The van der Waals surface area contributed by atoms with Crippen molar-refractivity contribution in [3.63, 3.8) is 0 Å². The smallest absolute Gasteiger partial charge is 0.258 e. The van der Waals surface area contributed by atoms with E-state index in [1.807, 2.05) is 0 Å². The first-order valence-electron chi connectivity index (χ1n) is 7.48. The van der Waals surface area contributed by atoms with Crippen LogP contribution in [0.25, 0.3) is 0 Å². The van der Waals surface area contributed by atoms with E-state index in [2.05, 4.69) is 15.3 Å². The van der Waals surface area contributed by atoms with Crippen molar-refractivity contribution in [3.8, 4) is 0 Å². The van der Waals surface area contributed by atoms with E-state index in [1.54, 1.807) is 0 Å². The zero-order valence-corrected chi connectivity index (χ0v) is 13.3. The molecule has 3 aromatic rings. The molecule has 2 N–H and O–H groups in total. The Bertz CT molecular complexity index is 918. The molecule has 1 amide bonds. The Morgan fingerprint density at radius 3 is 2.50 bits per heavy atom. The molecule has 26 heavy (non-hydrogen) atoms. The van der Waals surface area contributed by atoms with Gasteiger partial charge in [0.2, 0.25) is 0 Å². The third kappa shape index (κ3) is 3.89. The number of benzene rings is 1. The number of nitrogens with one attached hydrogen (secondary N) is 1. The molecule has 0 fully saturated rings. The first-order valence-corrected chi connectivity index (χ1v) is 7.48. The van der Waals surface area contributed by atoms with E-state index in [-0.39, 0.29) is 30.1 Å². The summed E-state index contributed by atoms with van der Waals surface area (Å²) in [6.07, 6.45) is 4.15. The second-order valence-corrected chi connectivity index (χ2v) is 5.46. The lowest BCUT2D eigenvalue weighted by Crippen LogP contribution is -2.12. The van der Waals surface area contributed by atoms with Crippen LogP contribution in [0.1, 0.15) is 21.6 Å². The Morgan fingerprint density at radius 2 is 1.88 bits per heavy atom. The standard InChI is InChI=1S/C17H13F3N4O2/c18-13-3-10(4-14(19)16(13)20)6-24-7-15(22-9-24)23-17(26)11-1-2-12(8-25)21-5-11/h1-5,7,9,25H,6,8H2,(H,23,26). The Balaban J connectivity index is 1.68. The van der Waals surface area contributed by atoms with Crippen molar-refractivity contribution >= 4 is 11.7 Å². The highest BCUT2D eigenvalue weighted by atomic mass is 19.2. The maximum atomic E-state index is 13.2. The zero-order chi connectivity index (χ0) is 18.7. The largest absolute Gasteiger partial charge is 0.390 e. The summed E-state index contributed by atoms with van der Waals surface area (Å²) in [7, 11) is 0. The maximum absolute atomic E-state index is 13.2. The molecule has 0 atom stereocenters. The van der Waals surface area contributed by atoms with Crippen molar-refractivity contribution in [1.29, 1.82) is 0 Å². The predicted molar refractivity (Wildman–Crippen MR) is 85.8 cm³/mol. The highest BCUT2D eigenvalue weighted by Gasteiger charge is 2.12. The summed E-state index contributed by atoms with van der Waals surface area (Å²) in [5.41, 5.74) is 0.921. The summed E-state index contributed by atoms with van der Waals surface area (Å²) in [6.45, 7) is -0.180. The molecular formula is C17H13F3N4O2. The van der Waals surface area contributed by atoms with Gasteiger partial charge in [0.15, 0.2) is 23.3 Å². The number of carbonyl (C=O) groups is 1. The van der Waals surface area contributed by atoms with Crippen LogP contribution in [-0.2, 0) is 13.2 Å². The molecule has 3 rings (SSSR count). The summed E-state index contributed by atoms with van der Waals surface area (Å²) in [4.78, 5) is 20.0. The van der Waals surface area contributed by atoms with Crippen molar-refractivity contribution in [3.05, 3.63) is 77.3 Å². The lowest BCUT2D eigenvalue weighted by molar-refractivity contribution is 0.102. The summed E-state index contributed by atoms with van der Waals surface area (Å²) in [6, 6.07) is 4.82. The van der Waals surface area contributed by atoms with Crippen LogP contribution in [0.2, 0.25) is 0 Å². The SMILES string of the molecule is O=C(Nc1cn(Cc2cc(F)c(F)c(F)c2)cn1)c1ccc(CO)nc1. The van der Waals surface area contributed by atoms with Gasteiger partial charge >= 0.3 is 0 Å². The van der Waals surface area contributed by atoms with Gasteiger partial charge in [0, 0.05) is 18.9 Å². The van der Waals surface area contributed by atoms with Gasteiger partial charge in [0.25, 0.3) is 5.91 Å². The molecule has 134 valence electrons. The van der Waals surface area contributed by atoms with Gasteiger partial charge in [-0.05, 0) is 29.8 Å². The number of rotatable bonds is 5. The Labute approximate surface area is 146 Å². The lowest BCUT2D eigenvalue weighted by Gasteiger charge is -2.04. The number of halogens is 3. The second kappa shape index (κ2) is 7.36. The van der Waals surface area contributed by atoms with Gasteiger partial charge in [-0.1, -0.05) is 0 Å². The second-order valence-electron chi connectivity index (χ2n) is 5.46. The normalized spacial score (nSPS) is 10.8. The summed E-state index contributed by atoms with van der Waals surface area (Å²) in [5, 5.41) is 11.5. The molecule has 0 unspecified atom stereocenters. The number of nitrogens with zero attached hydrogens (tertiary/aromatic N) is 3. The lowest BCUT2D eigenvalue weighted by atomic mass is 10.2. The number of aliphatic hydroxyl groups is 1. The third-order valence-electron chi connectivity index (χ3n) is 3.53. The number of amides is 1. The van der Waals surface area contributed by atoms with Gasteiger partial charge in [-0.15, -0.1) is 0 Å². The van der Waals surface area contributed by atoms with Crippen LogP contribution in [0.5, 0.6) is 0 Å². The van der Waals surface area contributed by atoms with E-state index in [4.69, 9.17) is 5.11 Å². The van der Waals surface area contributed by atoms with Crippen molar-refractivity contribution < 1.29 is 23.1 Å². The molecule has 0 spiro atoms. The van der Waals surface area contributed by atoms with E-state index in [9.17, 15) is 18.0 Å². The van der Waals surface area contributed by atoms with Crippen LogP contribution in [0, 0.1) is 17.5 Å². The Hall–Kier alpha value is -3.20. The number of aliphatic hydroxyl groups excluding tert-OH is 1. The van der Waals surface area contributed by atoms with Crippen LogP contribution in [0.3, 0.4) is 0 Å². The van der Waals surface area contributed by atoms with Crippen LogP contribution >= 0.6 is 0 Å². The number of pyridine rings is 1. The molecule has 6 nitrogen and oxygen atoms in total. The fraction of sp³-hybridized carbons (Fsp3) is 0.118.